The fraction of sp³-hybridized carbons (Fsp3) is 0.333. The fourth-order valence-corrected chi connectivity index (χ4v) is 4.30. The van der Waals surface area contributed by atoms with Gasteiger partial charge in [0.2, 0.25) is 0 Å². The van der Waals surface area contributed by atoms with Crippen LogP contribution in [0.3, 0.4) is 0 Å². The van der Waals surface area contributed by atoms with Gasteiger partial charge in [0.25, 0.3) is 11.6 Å². The fourth-order valence-electron chi connectivity index (χ4n) is 4.30. The van der Waals surface area contributed by atoms with Gasteiger partial charge in [-0.2, -0.15) is 0 Å². The molecule has 2 saturated carbocycles. The minimum atomic E-state index is -0.578. The molecule has 0 atom stereocenters. The lowest BCUT2D eigenvalue weighted by atomic mass is 9.53. The molecule has 2 aromatic rings. The lowest BCUT2D eigenvalue weighted by Crippen LogP contribution is -2.59. The predicted octanol–water partition coefficient (Wildman–Crippen LogP) is 3.17. The summed E-state index contributed by atoms with van der Waals surface area (Å²) >= 11 is 0. The number of nitro groups is 1. The second kappa shape index (κ2) is 7.66. The van der Waals surface area contributed by atoms with Gasteiger partial charge in [-0.15, -0.1) is 0 Å². The van der Waals surface area contributed by atoms with Crippen molar-refractivity contribution in [1.29, 1.82) is 0 Å². The van der Waals surface area contributed by atoms with Crippen molar-refractivity contribution >= 4 is 17.7 Å². The van der Waals surface area contributed by atoms with Gasteiger partial charge in [-0.1, -0.05) is 12.1 Å². The number of hydrogen-bond donors (Lipinski definition) is 2. The quantitative estimate of drug-likeness (QED) is 0.554. The molecular formula is C21H21N3O6. The Kier molecular flexibility index (Phi) is 5.03. The van der Waals surface area contributed by atoms with Gasteiger partial charge in [0.1, 0.15) is 11.5 Å². The van der Waals surface area contributed by atoms with Gasteiger partial charge < -0.3 is 20.5 Å². The lowest BCUT2D eigenvalue weighted by Gasteiger charge is -2.57. The SMILES string of the molecule is NC(=O)c1ccccc1OC1CC2(CC(NC(=O)Oc3ccc([N+](=O)[O-])cc3)C2)C1. The van der Waals surface area contributed by atoms with Crippen molar-refractivity contribution < 1.29 is 24.0 Å². The van der Waals surface area contributed by atoms with Gasteiger partial charge in [-0.05, 0) is 55.4 Å². The average Bonchev–Trinajstić information content (AvgIpc) is 2.65. The summed E-state index contributed by atoms with van der Waals surface area (Å²) in [6, 6.07) is 12.3. The molecule has 30 heavy (non-hydrogen) atoms. The molecule has 3 N–H and O–H groups in total. The zero-order valence-electron chi connectivity index (χ0n) is 16.1. The van der Waals surface area contributed by atoms with Crippen LogP contribution in [0.2, 0.25) is 0 Å². The maximum atomic E-state index is 12.0. The zero-order valence-corrected chi connectivity index (χ0v) is 16.1. The molecule has 2 aliphatic rings. The first kappa shape index (κ1) is 19.7. The largest absolute Gasteiger partial charge is 0.490 e. The van der Waals surface area contributed by atoms with Gasteiger partial charge in [0.05, 0.1) is 16.6 Å². The maximum Gasteiger partial charge on any atom is 0.412 e. The van der Waals surface area contributed by atoms with Crippen LogP contribution in [0, 0.1) is 15.5 Å². The number of nitrogens with zero attached hydrogens (tertiary/aromatic N) is 1. The first-order valence-corrected chi connectivity index (χ1v) is 9.62. The first-order chi connectivity index (χ1) is 14.3. The number of nitro benzene ring substituents is 1. The van der Waals surface area contributed by atoms with Crippen LogP contribution < -0.4 is 20.5 Å². The van der Waals surface area contributed by atoms with Crippen LogP contribution in [0.15, 0.2) is 48.5 Å². The molecule has 0 unspecified atom stereocenters. The lowest BCUT2D eigenvalue weighted by molar-refractivity contribution is -0.384. The van der Waals surface area contributed by atoms with Gasteiger partial charge in [-0.3, -0.25) is 14.9 Å². The number of ether oxygens (including phenoxy) is 2. The highest BCUT2D eigenvalue weighted by Gasteiger charge is 2.54. The third-order valence-electron chi connectivity index (χ3n) is 5.71. The molecule has 0 saturated heterocycles. The Hall–Kier alpha value is -3.62. The molecule has 2 amide bonds. The summed E-state index contributed by atoms with van der Waals surface area (Å²) in [4.78, 5) is 33.6. The van der Waals surface area contributed by atoms with Crippen molar-refractivity contribution in [3.63, 3.8) is 0 Å². The number of non-ortho nitro benzene ring substituents is 1. The van der Waals surface area contributed by atoms with E-state index < -0.39 is 16.9 Å². The van der Waals surface area contributed by atoms with E-state index in [0.29, 0.717) is 11.3 Å². The van der Waals surface area contributed by atoms with Crippen LogP contribution in [0.1, 0.15) is 36.0 Å². The van der Waals surface area contributed by atoms with Crippen molar-refractivity contribution in [3.05, 3.63) is 64.2 Å². The van der Waals surface area contributed by atoms with Gasteiger partial charge in [-0.25, -0.2) is 4.79 Å². The molecule has 0 aliphatic heterocycles. The smallest absolute Gasteiger partial charge is 0.412 e. The van der Waals surface area contributed by atoms with Gasteiger partial charge in [0, 0.05) is 18.2 Å². The molecule has 1 spiro atoms. The molecule has 2 aromatic carbocycles. The van der Waals surface area contributed by atoms with E-state index in [1.54, 1.807) is 24.3 Å². The van der Waals surface area contributed by atoms with Crippen LogP contribution >= 0.6 is 0 Å². The van der Waals surface area contributed by atoms with Crippen LogP contribution in [0.25, 0.3) is 0 Å². The second-order valence-corrected chi connectivity index (χ2v) is 7.90. The minimum Gasteiger partial charge on any atom is -0.490 e. The number of rotatable bonds is 6. The third-order valence-corrected chi connectivity index (χ3v) is 5.71. The number of para-hydroxylation sites is 1. The summed E-state index contributed by atoms with van der Waals surface area (Å²) < 4.78 is 11.1. The first-order valence-electron chi connectivity index (χ1n) is 9.62. The number of carbonyl (C=O) groups excluding carboxylic acids is 2. The van der Waals surface area contributed by atoms with E-state index in [1.807, 2.05) is 0 Å². The molecule has 2 fully saturated rings. The maximum absolute atomic E-state index is 12.0. The normalized spacial score (nSPS) is 24.3. The zero-order chi connectivity index (χ0) is 21.3. The van der Waals surface area contributed by atoms with Gasteiger partial charge >= 0.3 is 6.09 Å². The molecule has 0 aromatic heterocycles. The van der Waals surface area contributed by atoms with E-state index in [0.717, 1.165) is 25.7 Å². The Labute approximate surface area is 172 Å². The second-order valence-electron chi connectivity index (χ2n) is 7.90. The van der Waals surface area contributed by atoms with Crippen molar-refractivity contribution in [1.82, 2.24) is 5.32 Å². The molecule has 9 nitrogen and oxygen atoms in total. The highest BCUT2D eigenvalue weighted by Crippen LogP contribution is 2.56. The monoisotopic (exact) mass is 411 g/mol. The van der Waals surface area contributed by atoms with E-state index >= 15 is 0 Å². The standard InChI is InChI=1S/C21H21N3O6/c22-19(25)17-3-1-2-4-18(17)29-16-11-21(12-16)9-13(10-21)23-20(26)30-15-7-5-14(6-8-15)24(27)28/h1-8,13,16H,9-12H2,(H2,22,25)(H,23,26). The average molecular weight is 411 g/mol. The Morgan fingerprint density at radius 3 is 2.37 bits per heavy atom. The highest BCUT2D eigenvalue weighted by molar-refractivity contribution is 5.95. The third kappa shape index (κ3) is 4.05. The predicted molar refractivity (Wildman–Crippen MR) is 106 cm³/mol. The highest BCUT2D eigenvalue weighted by atomic mass is 16.6. The van der Waals surface area contributed by atoms with E-state index in [4.69, 9.17) is 15.2 Å². The van der Waals surface area contributed by atoms with E-state index in [9.17, 15) is 19.7 Å². The topological polar surface area (TPSA) is 134 Å². The van der Waals surface area contributed by atoms with Crippen molar-refractivity contribution in [2.45, 2.75) is 37.8 Å². The molecule has 156 valence electrons. The van der Waals surface area contributed by atoms with Gasteiger partial charge in [0.15, 0.2) is 0 Å². The molecule has 4 rings (SSSR count). The number of hydrogen-bond acceptors (Lipinski definition) is 6. The van der Waals surface area contributed by atoms with E-state index in [2.05, 4.69) is 5.32 Å². The van der Waals surface area contributed by atoms with Crippen molar-refractivity contribution in [2.24, 2.45) is 11.1 Å². The summed E-state index contributed by atoms with van der Waals surface area (Å²) in [7, 11) is 0. The molecular weight excluding hydrogens is 390 g/mol. The number of amides is 2. The Morgan fingerprint density at radius 2 is 1.73 bits per heavy atom. The number of benzene rings is 2. The number of primary amides is 1. The van der Waals surface area contributed by atoms with Crippen LogP contribution in [-0.2, 0) is 0 Å². The Bertz CT molecular complexity index is 976. The Morgan fingerprint density at radius 1 is 1.07 bits per heavy atom. The van der Waals surface area contributed by atoms with Crippen molar-refractivity contribution in [3.8, 4) is 11.5 Å². The Balaban J connectivity index is 1.21. The van der Waals surface area contributed by atoms with E-state index in [1.165, 1.54) is 24.3 Å². The molecule has 0 bridgehead atoms. The van der Waals surface area contributed by atoms with Crippen molar-refractivity contribution in [2.75, 3.05) is 0 Å². The summed E-state index contributed by atoms with van der Waals surface area (Å²) in [5.74, 6) is 0.238. The molecule has 2 aliphatic carbocycles. The number of nitrogens with two attached hydrogens (primary N) is 1. The number of carbonyl (C=O) groups is 2. The minimum absolute atomic E-state index is 0.0226. The summed E-state index contributed by atoms with van der Waals surface area (Å²) in [5.41, 5.74) is 5.84. The summed E-state index contributed by atoms with van der Waals surface area (Å²) in [6.07, 6.45) is 2.83. The van der Waals surface area contributed by atoms with E-state index in [-0.39, 0.29) is 29.0 Å². The summed E-state index contributed by atoms with van der Waals surface area (Å²) in [6.45, 7) is 0. The van der Waals surface area contributed by atoms with Crippen LogP contribution in [0.5, 0.6) is 11.5 Å². The molecule has 9 heteroatoms. The summed E-state index contributed by atoms with van der Waals surface area (Å²) in [5, 5.41) is 13.5. The van der Waals surface area contributed by atoms with Crippen LogP contribution in [0.4, 0.5) is 10.5 Å². The molecule has 0 radical (unpaired) electrons. The number of nitrogens with one attached hydrogen (secondary N) is 1. The van der Waals surface area contributed by atoms with Crippen LogP contribution in [-0.4, -0.2) is 29.1 Å². The molecule has 0 heterocycles.